The third kappa shape index (κ3) is 4.79. The first-order valence-corrected chi connectivity index (χ1v) is 9.74. The minimum absolute atomic E-state index is 0.132. The van der Waals surface area contributed by atoms with E-state index in [4.69, 9.17) is 9.15 Å². The lowest BCUT2D eigenvalue weighted by atomic mass is 10.1. The Bertz CT molecular complexity index is 1130. The van der Waals surface area contributed by atoms with Crippen molar-refractivity contribution in [3.8, 4) is 6.07 Å². The zero-order valence-electron chi connectivity index (χ0n) is 16.2. The van der Waals surface area contributed by atoms with Crippen LogP contribution in [0.1, 0.15) is 43.1 Å². The molecule has 1 atom stereocenters. The molecule has 0 radical (unpaired) electrons. The second-order valence-corrected chi connectivity index (χ2v) is 7.28. The summed E-state index contributed by atoms with van der Waals surface area (Å²) >= 11 is 1.21. The third-order valence-corrected chi connectivity index (χ3v) is 5.17. The van der Waals surface area contributed by atoms with Crippen molar-refractivity contribution in [1.29, 1.82) is 5.26 Å². The van der Waals surface area contributed by atoms with Gasteiger partial charge in [0, 0.05) is 16.8 Å². The number of nitrogens with zero attached hydrogens (tertiary/aromatic N) is 2. The van der Waals surface area contributed by atoms with Crippen molar-refractivity contribution >= 4 is 34.7 Å². The number of Topliss-reactive ketones (excluding diaryl/α,β-unsaturated/α-hetero) is 1. The molecule has 0 aliphatic rings. The van der Waals surface area contributed by atoms with Gasteiger partial charge in [0.1, 0.15) is 5.01 Å². The number of nitrogens with one attached hydrogen (secondary N) is 1. The number of benzene rings is 1. The fourth-order valence-corrected chi connectivity index (χ4v) is 3.41. The number of aromatic nitrogens is 1. The van der Waals surface area contributed by atoms with Gasteiger partial charge < -0.3 is 14.5 Å². The van der Waals surface area contributed by atoms with Gasteiger partial charge in [0.15, 0.2) is 24.1 Å². The molecule has 30 heavy (non-hydrogen) atoms. The number of rotatable bonds is 7. The number of anilines is 1. The molecule has 2 aromatic heterocycles. The molecule has 0 fully saturated rings. The Labute approximate surface area is 176 Å². The number of furan rings is 1. The largest absolute Gasteiger partial charge is 0.459 e. The molecule has 2 heterocycles. The first-order chi connectivity index (χ1) is 14.4. The number of ether oxygens (including phenoxy) is 1. The molecule has 3 aromatic rings. The fourth-order valence-electron chi connectivity index (χ4n) is 2.55. The highest BCUT2D eigenvalue weighted by molar-refractivity contribution is 7.09. The molecule has 1 aromatic carbocycles. The van der Waals surface area contributed by atoms with E-state index in [1.54, 1.807) is 31.4 Å². The lowest BCUT2D eigenvalue weighted by Gasteiger charge is -2.10. The summed E-state index contributed by atoms with van der Waals surface area (Å²) in [5, 5.41) is 14.1. The van der Waals surface area contributed by atoms with Crippen LogP contribution in [0.2, 0.25) is 0 Å². The van der Waals surface area contributed by atoms with Crippen LogP contribution in [0.5, 0.6) is 0 Å². The van der Waals surface area contributed by atoms with Crippen molar-refractivity contribution in [3.05, 3.63) is 69.6 Å². The van der Waals surface area contributed by atoms with Crippen LogP contribution in [-0.4, -0.2) is 29.3 Å². The Morgan fingerprint density at radius 3 is 2.73 bits per heavy atom. The van der Waals surface area contributed by atoms with E-state index in [2.05, 4.69) is 10.3 Å². The van der Waals surface area contributed by atoms with Gasteiger partial charge in [0.2, 0.25) is 0 Å². The molecule has 9 heteroatoms. The van der Waals surface area contributed by atoms with Crippen LogP contribution in [-0.2, 0) is 9.53 Å². The summed E-state index contributed by atoms with van der Waals surface area (Å²) in [6.07, 6.45) is 1.38. The Morgan fingerprint density at radius 2 is 2.10 bits per heavy atom. The third-order valence-electron chi connectivity index (χ3n) is 4.15. The van der Waals surface area contributed by atoms with Gasteiger partial charge in [-0.05, 0) is 43.7 Å². The maximum absolute atomic E-state index is 12.4. The highest BCUT2D eigenvalue weighted by atomic mass is 32.1. The second kappa shape index (κ2) is 9.15. The van der Waals surface area contributed by atoms with Gasteiger partial charge in [-0.3, -0.25) is 9.59 Å². The summed E-state index contributed by atoms with van der Waals surface area (Å²) in [5.74, 6) is -2.72. The molecule has 1 N–H and O–H groups in total. The van der Waals surface area contributed by atoms with E-state index in [-0.39, 0.29) is 11.3 Å². The summed E-state index contributed by atoms with van der Waals surface area (Å²) in [4.78, 5) is 41.0. The normalized spacial score (nSPS) is 11.4. The topological polar surface area (TPSA) is 122 Å². The predicted octanol–water partition coefficient (Wildman–Crippen LogP) is 3.64. The Balaban J connectivity index is 1.66. The fraction of sp³-hybridized carbons (Fsp3) is 0.190. The summed E-state index contributed by atoms with van der Waals surface area (Å²) in [6, 6.07) is 9.63. The minimum Gasteiger partial charge on any atom is -0.459 e. The van der Waals surface area contributed by atoms with Gasteiger partial charge in [0.25, 0.3) is 5.91 Å². The van der Waals surface area contributed by atoms with Crippen LogP contribution < -0.4 is 5.32 Å². The van der Waals surface area contributed by atoms with E-state index in [0.717, 1.165) is 5.56 Å². The molecule has 0 saturated heterocycles. The number of aryl methyl sites for hydroxylation is 2. The number of hydrogen-bond acceptors (Lipinski definition) is 8. The van der Waals surface area contributed by atoms with Crippen molar-refractivity contribution in [1.82, 2.24) is 4.98 Å². The number of nitriles is 1. The maximum Gasteiger partial charge on any atom is 0.338 e. The quantitative estimate of drug-likeness (QED) is 0.576. The minimum atomic E-state index is -1.09. The molecular weight excluding hydrogens is 406 g/mol. The van der Waals surface area contributed by atoms with E-state index >= 15 is 0 Å². The van der Waals surface area contributed by atoms with Crippen molar-refractivity contribution in [2.45, 2.75) is 19.8 Å². The standard InChI is InChI=1S/C21H17N3O5S/c1-12-5-6-14(8-16(12)24-19(26)18-4-3-7-28-18)21(27)29-10-17(25)15(9-22)20-23-13(2)11-30-20/h3-8,11,15H,10H2,1-2H3,(H,24,26)/t15-/m0/s1. The summed E-state index contributed by atoms with van der Waals surface area (Å²) in [5.41, 5.74) is 2.00. The molecule has 8 nitrogen and oxygen atoms in total. The number of ketones is 1. The van der Waals surface area contributed by atoms with Crippen LogP contribution in [0.15, 0.2) is 46.4 Å². The molecular formula is C21H17N3O5S. The molecule has 0 aliphatic carbocycles. The Morgan fingerprint density at radius 1 is 1.30 bits per heavy atom. The average Bonchev–Trinajstić information content (AvgIpc) is 3.40. The lowest BCUT2D eigenvalue weighted by molar-refractivity contribution is -0.122. The number of carbonyl (C=O) groups is 3. The number of esters is 1. The van der Waals surface area contributed by atoms with Crippen LogP contribution in [0.3, 0.4) is 0 Å². The van der Waals surface area contributed by atoms with Crippen LogP contribution in [0, 0.1) is 25.2 Å². The zero-order valence-corrected chi connectivity index (χ0v) is 17.0. The molecule has 0 bridgehead atoms. The summed E-state index contributed by atoms with van der Waals surface area (Å²) in [7, 11) is 0. The van der Waals surface area contributed by atoms with Gasteiger partial charge in [0.05, 0.1) is 17.9 Å². The van der Waals surface area contributed by atoms with Gasteiger partial charge in [-0.2, -0.15) is 5.26 Å². The van der Waals surface area contributed by atoms with Crippen molar-refractivity contribution in [3.63, 3.8) is 0 Å². The van der Waals surface area contributed by atoms with Crippen molar-refractivity contribution in [2.75, 3.05) is 11.9 Å². The Hall–Kier alpha value is -3.77. The van der Waals surface area contributed by atoms with Crippen LogP contribution in [0.4, 0.5) is 5.69 Å². The molecule has 152 valence electrons. The van der Waals surface area contributed by atoms with Gasteiger partial charge in [-0.15, -0.1) is 11.3 Å². The molecule has 3 rings (SSSR count). The van der Waals surface area contributed by atoms with E-state index < -0.39 is 30.2 Å². The van der Waals surface area contributed by atoms with E-state index in [1.807, 2.05) is 6.07 Å². The van der Waals surface area contributed by atoms with E-state index in [0.29, 0.717) is 16.4 Å². The number of amides is 1. The SMILES string of the molecule is Cc1csc([C@@H](C#N)C(=O)COC(=O)c2ccc(C)c(NC(=O)c3ccco3)c2)n1. The Kier molecular flexibility index (Phi) is 6.39. The zero-order chi connectivity index (χ0) is 21.7. The first kappa shape index (κ1) is 21.0. The first-order valence-electron chi connectivity index (χ1n) is 8.86. The smallest absolute Gasteiger partial charge is 0.338 e. The van der Waals surface area contributed by atoms with E-state index in [9.17, 15) is 19.6 Å². The van der Waals surface area contributed by atoms with Crippen LogP contribution >= 0.6 is 11.3 Å². The van der Waals surface area contributed by atoms with Crippen molar-refractivity contribution < 1.29 is 23.5 Å². The number of thiazole rings is 1. The highest BCUT2D eigenvalue weighted by Gasteiger charge is 2.25. The molecule has 0 spiro atoms. The van der Waals surface area contributed by atoms with Crippen molar-refractivity contribution in [2.24, 2.45) is 0 Å². The summed E-state index contributed by atoms with van der Waals surface area (Å²) < 4.78 is 10.1. The maximum atomic E-state index is 12.4. The molecule has 0 unspecified atom stereocenters. The predicted molar refractivity (Wildman–Crippen MR) is 108 cm³/mol. The monoisotopic (exact) mass is 423 g/mol. The van der Waals surface area contributed by atoms with Crippen LogP contribution in [0.25, 0.3) is 0 Å². The molecule has 0 aliphatic heterocycles. The highest BCUT2D eigenvalue weighted by Crippen LogP contribution is 2.22. The van der Waals surface area contributed by atoms with Gasteiger partial charge in [-0.1, -0.05) is 6.07 Å². The molecule has 1 amide bonds. The van der Waals surface area contributed by atoms with Gasteiger partial charge >= 0.3 is 5.97 Å². The lowest BCUT2D eigenvalue weighted by Crippen LogP contribution is -2.20. The molecule has 0 saturated carbocycles. The number of carbonyl (C=O) groups excluding carboxylic acids is 3. The van der Waals surface area contributed by atoms with Gasteiger partial charge in [-0.25, -0.2) is 9.78 Å². The van der Waals surface area contributed by atoms with E-state index in [1.165, 1.54) is 35.8 Å². The average molecular weight is 423 g/mol. The number of hydrogen-bond donors (Lipinski definition) is 1. The summed E-state index contributed by atoms with van der Waals surface area (Å²) in [6.45, 7) is 2.97. The second-order valence-electron chi connectivity index (χ2n) is 6.39.